The zero-order chi connectivity index (χ0) is 17.4. The van der Waals surface area contributed by atoms with Gasteiger partial charge in [0.2, 0.25) is 5.89 Å². The molecule has 0 bridgehead atoms. The average molecular weight is 362 g/mol. The van der Waals surface area contributed by atoms with Crippen LogP contribution in [0.2, 0.25) is 0 Å². The summed E-state index contributed by atoms with van der Waals surface area (Å²) in [6.07, 6.45) is 3.97. The molecule has 0 radical (unpaired) electrons. The van der Waals surface area contributed by atoms with Crippen LogP contribution < -0.4 is 4.90 Å². The zero-order valence-electron chi connectivity index (χ0n) is 14.7. The number of hydrogen-bond donors (Lipinski definition) is 0. The summed E-state index contributed by atoms with van der Waals surface area (Å²) in [6, 6.07) is 0.0892. The molecule has 1 atom stereocenters. The van der Waals surface area contributed by atoms with Crippen LogP contribution in [0.25, 0.3) is 10.3 Å². The topological polar surface area (TPSA) is 82.1 Å². The summed E-state index contributed by atoms with van der Waals surface area (Å²) >= 11 is 1.69. The van der Waals surface area contributed by atoms with E-state index in [1.807, 2.05) is 18.7 Å². The van der Waals surface area contributed by atoms with Crippen LogP contribution in [0.3, 0.4) is 0 Å². The maximum atomic E-state index is 5.56. The van der Waals surface area contributed by atoms with Crippen LogP contribution in [0.1, 0.15) is 42.7 Å². The molecule has 1 saturated heterocycles. The molecule has 4 heterocycles. The first-order chi connectivity index (χ1) is 12.2. The van der Waals surface area contributed by atoms with Crippen LogP contribution in [0.5, 0.6) is 0 Å². The van der Waals surface area contributed by atoms with Crippen molar-refractivity contribution in [2.75, 3.05) is 25.2 Å². The van der Waals surface area contributed by atoms with Crippen molar-refractivity contribution in [3.8, 4) is 0 Å². The number of aromatic nitrogens is 5. The Morgan fingerprint density at radius 3 is 3.00 bits per heavy atom. The van der Waals surface area contributed by atoms with E-state index >= 15 is 0 Å². The first kappa shape index (κ1) is 16.5. The number of thiazole rings is 1. The van der Waals surface area contributed by atoms with Gasteiger partial charge in [-0.25, -0.2) is 9.67 Å². The van der Waals surface area contributed by atoms with Crippen LogP contribution in [0.15, 0.2) is 4.52 Å². The number of piperidine rings is 1. The molecule has 0 amide bonds. The molecule has 25 heavy (non-hydrogen) atoms. The SMILES string of the molecule is COCCc1noc([C@H]2CCCCN2c2nc3c(s2)c(C)nn3C)n1. The summed E-state index contributed by atoms with van der Waals surface area (Å²) in [5, 5.41) is 9.54. The molecule has 8 nitrogen and oxygen atoms in total. The van der Waals surface area contributed by atoms with Gasteiger partial charge in [0.05, 0.1) is 17.0 Å². The molecule has 0 aliphatic carbocycles. The summed E-state index contributed by atoms with van der Waals surface area (Å²) in [4.78, 5) is 11.7. The first-order valence-electron chi connectivity index (χ1n) is 8.55. The van der Waals surface area contributed by atoms with Crippen molar-refractivity contribution in [2.45, 2.75) is 38.6 Å². The van der Waals surface area contributed by atoms with E-state index in [1.54, 1.807) is 18.4 Å². The third-order valence-corrected chi connectivity index (χ3v) is 5.77. The summed E-state index contributed by atoms with van der Waals surface area (Å²) in [7, 11) is 3.61. The van der Waals surface area contributed by atoms with Crippen LogP contribution in [0.4, 0.5) is 5.13 Å². The molecule has 1 aliphatic heterocycles. The molecule has 0 N–H and O–H groups in total. The smallest absolute Gasteiger partial charge is 0.249 e. The van der Waals surface area contributed by atoms with Crippen LogP contribution in [0, 0.1) is 6.92 Å². The summed E-state index contributed by atoms with van der Waals surface area (Å²) in [5.41, 5.74) is 1.96. The molecule has 1 fully saturated rings. The van der Waals surface area contributed by atoms with Crippen molar-refractivity contribution in [1.82, 2.24) is 24.9 Å². The lowest BCUT2D eigenvalue weighted by atomic mass is 10.0. The largest absolute Gasteiger partial charge is 0.384 e. The van der Waals surface area contributed by atoms with E-state index in [2.05, 4.69) is 20.1 Å². The lowest BCUT2D eigenvalue weighted by Gasteiger charge is -2.33. The van der Waals surface area contributed by atoms with Gasteiger partial charge in [-0.3, -0.25) is 0 Å². The molecule has 9 heteroatoms. The summed E-state index contributed by atoms with van der Waals surface area (Å²) < 4.78 is 13.6. The molecule has 0 saturated carbocycles. The molecular formula is C16H22N6O2S. The van der Waals surface area contributed by atoms with Gasteiger partial charge in [-0.15, -0.1) is 0 Å². The highest BCUT2D eigenvalue weighted by atomic mass is 32.1. The molecule has 0 aromatic carbocycles. The first-order valence-corrected chi connectivity index (χ1v) is 9.37. The molecular weight excluding hydrogens is 340 g/mol. The Bertz CT molecular complexity index is 835. The van der Waals surface area contributed by atoms with Gasteiger partial charge in [-0.2, -0.15) is 10.1 Å². The van der Waals surface area contributed by atoms with Crippen LogP contribution >= 0.6 is 11.3 Å². The highest BCUT2D eigenvalue weighted by Crippen LogP contribution is 2.38. The van der Waals surface area contributed by atoms with E-state index in [-0.39, 0.29) is 6.04 Å². The number of methoxy groups -OCH3 is 1. The molecule has 134 valence electrons. The Kier molecular flexibility index (Phi) is 4.43. The minimum Gasteiger partial charge on any atom is -0.384 e. The lowest BCUT2D eigenvalue weighted by Crippen LogP contribution is -2.33. The second kappa shape index (κ2) is 6.72. The minimum absolute atomic E-state index is 0.0892. The normalized spacial score (nSPS) is 18.4. The maximum absolute atomic E-state index is 5.56. The van der Waals surface area contributed by atoms with E-state index in [1.165, 1.54) is 0 Å². The van der Waals surface area contributed by atoms with Gasteiger partial charge in [0.15, 0.2) is 16.6 Å². The average Bonchev–Trinajstić information content (AvgIpc) is 3.31. The minimum atomic E-state index is 0.0892. The van der Waals surface area contributed by atoms with E-state index < -0.39 is 0 Å². The number of nitrogens with zero attached hydrogens (tertiary/aromatic N) is 6. The van der Waals surface area contributed by atoms with E-state index in [0.29, 0.717) is 24.7 Å². The number of ether oxygens (including phenoxy) is 1. The zero-order valence-corrected chi connectivity index (χ0v) is 15.5. The highest BCUT2D eigenvalue weighted by molar-refractivity contribution is 7.22. The van der Waals surface area contributed by atoms with Crippen molar-refractivity contribution < 1.29 is 9.26 Å². The Morgan fingerprint density at radius 1 is 1.32 bits per heavy atom. The van der Waals surface area contributed by atoms with Crippen LogP contribution in [-0.4, -0.2) is 45.2 Å². The van der Waals surface area contributed by atoms with Crippen molar-refractivity contribution >= 4 is 26.8 Å². The maximum Gasteiger partial charge on any atom is 0.249 e. The van der Waals surface area contributed by atoms with Gasteiger partial charge in [-0.05, 0) is 26.2 Å². The fraction of sp³-hybridized carbons (Fsp3) is 0.625. The molecule has 0 unspecified atom stereocenters. The van der Waals surface area contributed by atoms with Crippen molar-refractivity contribution in [2.24, 2.45) is 7.05 Å². The molecule has 4 rings (SSSR count). The monoisotopic (exact) mass is 362 g/mol. The van der Waals surface area contributed by atoms with Crippen LogP contribution in [-0.2, 0) is 18.2 Å². The standard InChI is InChI=1S/C16H22N6O2S/c1-10-13-14(21(2)19-10)18-16(25-13)22-8-5-4-6-11(22)15-17-12(20-24-15)7-9-23-3/h11H,4-9H2,1-3H3/t11-/m1/s1. The second-order valence-electron chi connectivity index (χ2n) is 6.35. The van der Waals surface area contributed by atoms with E-state index in [4.69, 9.17) is 14.2 Å². The fourth-order valence-corrected chi connectivity index (χ4v) is 4.42. The molecule has 3 aromatic rings. The molecule has 3 aromatic heterocycles. The Hall–Kier alpha value is -2.00. The van der Waals surface area contributed by atoms with Gasteiger partial charge in [0, 0.05) is 27.1 Å². The van der Waals surface area contributed by atoms with Gasteiger partial charge in [0.25, 0.3) is 0 Å². The van der Waals surface area contributed by atoms with Gasteiger partial charge < -0.3 is 14.2 Å². The number of fused-ring (bicyclic) bond motifs is 1. The van der Waals surface area contributed by atoms with Gasteiger partial charge >= 0.3 is 0 Å². The Labute approximate surface area is 149 Å². The quantitative estimate of drug-likeness (QED) is 0.690. The number of rotatable bonds is 5. The molecule has 1 aliphatic rings. The highest BCUT2D eigenvalue weighted by Gasteiger charge is 2.31. The second-order valence-corrected chi connectivity index (χ2v) is 7.33. The fourth-order valence-electron chi connectivity index (χ4n) is 3.31. The summed E-state index contributed by atoms with van der Waals surface area (Å²) in [6.45, 7) is 3.57. The predicted molar refractivity (Wildman–Crippen MR) is 94.9 cm³/mol. The van der Waals surface area contributed by atoms with E-state index in [9.17, 15) is 0 Å². The Balaban J connectivity index is 1.63. The number of hydrogen-bond acceptors (Lipinski definition) is 8. The van der Waals surface area contributed by atoms with Crippen molar-refractivity contribution in [1.29, 1.82) is 0 Å². The van der Waals surface area contributed by atoms with Gasteiger partial charge in [-0.1, -0.05) is 16.5 Å². The van der Waals surface area contributed by atoms with Gasteiger partial charge in [0.1, 0.15) is 6.04 Å². The summed E-state index contributed by atoms with van der Waals surface area (Å²) in [5.74, 6) is 1.38. The number of anilines is 1. The van der Waals surface area contributed by atoms with Crippen molar-refractivity contribution in [3.63, 3.8) is 0 Å². The Morgan fingerprint density at radius 2 is 2.20 bits per heavy atom. The van der Waals surface area contributed by atoms with Crippen molar-refractivity contribution in [3.05, 3.63) is 17.4 Å². The number of aryl methyl sites for hydroxylation is 2. The van der Waals surface area contributed by atoms with E-state index in [0.717, 1.165) is 47.0 Å². The molecule has 0 spiro atoms. The third-order valence-electron chi connectivity index (χ3n) is 4.58. The predicted octanol–water partition coefficient (Wildman–Crippen LogP) is 2.64. The lowest BCUT2D eigenvalue weighted by molar-refractivity contribution is 0.199. The third kappa shape index (κ3) is 3.02.